The van der Waals surface area contributed by atoms with Gasteiger partial charge in [-0.3, -0.25) is 14.2 Å². The highest BCUT2D eigenvalue weighted by atomic mass is 19.3. The van der Waals surface area contributed by atoms with Crippen molar-refractivity contribution in [2.45, 2.75) is 19.6 Å². The van der Waals surface area contributed by atoms with Crippen LogP contribution in [0.25, 0.3) is 10.9 Å². The second-order valence-electron chi connectivity index (χ2n) is 7.25. The molecule has 0 radical (unpaired) electrons. The number of nitrogens with zero attached hydrogens (tertiary/aromatic N) is 2. The Bertz CT molecular complexity index is 1360. The second-order valence-corrected chi connectivity index (χ2v) is 7.25. The van der Waals surface area contributed by atoms with Crippen LogP contribution in [0.15, 0.2) is 77.9 Å². The Morgan fingerprint density at radius 3 is 2.61 bits per heavy atom. The maximum Gasteiger partial charge on any atom is 0.387 e. The molecule has 0 aliphatic carbocycles. The zero-order valence-electron chi connectivity index (χ0n) is 17.2. The number of rotatable bonds is 7. The smallest absolute Gasteiger partial charge is 0.387 e. The van der Waals surface area contributed by atoms with Crippen LogP contribution in [0.5, 0.6) is 5.75 Å². The number of amides is 1. The molecule has 0 unspecified atom stereocenters. The van der Waals surface area contributed by atoms with Gasteiger partial charge in [-0.2, -0.15) is 8.78 Å². The highest BCUT2D eigenvalue weighted by molar-refractivity contribution is 5.91. The molecule has 4 aromatic rings. The van der Waals surface area contributed by atoms with Crippen LogP contribution in [0.2, 0.25) is 0 Å². The molecule has 4 rings (SSSR count). The molecule has 0 saturated heterocycles. The number of fused-ring (bicyclic) bond motifs is 1. The first-order valence-corrected chi connectivity index (χ1v) is 9.95. The first-order chi connectivity index (χ1) is 15.9. The number of halogens is 3. The highest BCUT2D eigenvalue weighted by Gasteiger charge is 2.14. The Morgan fingerprint density at radius 2 is 1.85 bits per heavy atom. The summed E-state index contributed by atoms with van der Waals surface area (Å²) in [4.78, 5) is 29.2. The van der Waals surface area contributed by atoms with E-state index in [0.717, 1.165) is 16.2 Å². The van der Waals surface area contributed by atoms with Crippen molar-refractivity contribution in [3.8, 4) is 5.75 Å². The van der Waals surface area contributed by atoms with Gasteiger partial charge in [0.05, 0.1) is 17.2 Å². The van der Waals surface area contributed by atoms with Gasteiger partial charge in [-0.1, -0.05) is 30.3 Å². The van der Waals surface area contributed by atoms with Crippen molar-refractivity contribution in [1.82, 2.24) is 9.55 Å². The average Bonchev–Trinajstić information content (AvgIpc) is 2.78. The Morgan fingerprint density at radius 1 is 1.06 bits per heavy atom. The minimum atomic E-state index is -2.99. The number of anilines is 1. The van der Waals surface area contributed by atoms with Gasteiger partial charge in [-0.05, 0) is 42.0 Å². The third kappa shape index (κ3) is 5.38. The van der Waals surface area contributed by atoms with Crippen LogP contribution in [0.1, 0.15) is 11.1 Å². The lowest BCUT2D eigenvalue weighted by Crippen LogP contribution is -2.28. The molecule has 168 valence electrons. The van der Waals surface area contributed by atoms with Crippen LogP contribution in [-0.2, 0) is 17.8 Å². The van der Waals surface area contributed by atoms with E-state index >= 15 is 0 Å². The number of carbonyl (C=O) groups is 1. The first kappa shape index (κ1) is 22.1. The summed E-state index contributed by atoms with van der Waals surface area (Å²) >= 11 is 0. The Kier molecular flexibility index (Phi) is 6.39. The molecule has 6 nitrogen and oxygen atoms in total. The van der Waals surface area contributed by atoms with Gasteiger partial charge in [0.1, 0.15) is 18.1 Å². The van der Waals surface area contributed by atoms with Crippen molar-refractivity contribution in [2.75, 3.05) is 5.32 Å². The first-order valence-electron chi connectivity index (χ1n) is 9.95. The maximum atomic E-state index is 13.5. The van der Waals surface area contributed by atoms with Gasteiger partial charge in [-0.15, -0.1) is 0 Å². The van der Waals surface area contributed by atoms with E-state index in [1.54, 1.807) is 6.07 Å². The van der Waals surface area contributed by atoms with E-state index in [1.165, 1.54) is 30.6 Å². The molecule has 1 aromatic heterocycles. The molecule has 1 heterocycles. The highest BCUT2D eigenvalue weighted by Crippen LogP contribution is 2.27. The Hall–Kier alpha value is -4.14. The second kappa shape index (κ2) is 9.56. The number of hydrogen-bond donors (Lipinski definition) is 1. The van der Waals surface area contributed by atoms with Crippen LogP contribution in [0, 0.1) is 5.82 Å². The zero-order chi connectivity index (χ0) is 23.4. The lowest BCUT2D eigenvalue weighted by Gasteiger charge is -2.14. The van der Waals surface area contributed by atoms with E-state index in [2.05, 4.69) is 15.0 Å². The van der Waals surface area contributed by atoms with Gasteiger partial charge in [0, 0.05) is 17.7 Å². The maximum absolute atomic E-state index is 13.5. The Labute approximate surface area is 186 Å². The molecule has 0 aliphatic rings. The topological polar surface area (TPSA) is 73.2 Å². The number of ether oxygens (including phenoxy) is 1. The number of nitrogens with one attached hydrogen (secondary N) is 1. The van der Waals surface area contributed by atoms with Crippen LogP contribution >= 0.6 is 0 Å². The molecular formula is C24H18F3N3O3. The standard InChI is InChI=1S/C24H18F3N3O3/c25-17-6-8-20-19(12-17)23(32)30(14-28-20)13-22(31)29-18-7-9-21(33-24(26)27)16(11-18)10-15-4-2-1-3-5-15/h1-9,11-12,14,24H,10,13H2,(H,29,31). The molecule has 1 N–H and O–H groups in total. The van der Waals surface area contributed by atoms with E-state index in [4.69, 9.17) is 0 Å². The van der Waals surface area contributed by atoms with E-state index in [1.807, 2.05) is 30.3 Å². The van der Waals surface area contributed by atoms with Crippen molar-refractivity contribution in [3.63, 3.8) is 0 Å². The summed E-state index contributed by atoms with van der Waals surface area (Å²) in [5.74, 6) is -1.12. The summed E-state index contributed by atoms with van der Waals surface area (Å²) in [5.41, 5.74) is 1.44. The SMILES string of the molecule is O=C(Cn1cnc2ccc(F)cc2c1=O)Nc1ccc(OC(F)F)c(Cc2ccccc2)c1. The van der Waals surface area contributed by atoms with Crippen molar-refractivity contribution < 1.29 is 22.7 Å². The molecular weight excluding hydrogens is 435 g/mol. The molecule has 0 fully saturated rings. The molecule has 0 saturated carbocycles. The lowest BCUT2D eigenvalue weighted by atomic mass is 10.0. The summed E-state index contributed by atoms with van der Waals surface area (Å²) in [6.45, 7) is -3.35. The van der Waals surface area contributed by atoms with E-state index in [9.17, 15) is 22.8 Å². The molecule has 33 heavy (non-hydrogen) atoms. The third-order valence-electron chi connectivity index (χ3n) is 4.90. The van der Waals surface area contributed by atoms with Crippen molar-refractivity contribution in [1.29, 1.82) is 0 Å². The largest absolute Gasteiger partial charge is 0.435 e. The molecule has 0 spiro atoms. The minimum Gasteiger partial charge on any atom is -0.435 e. The van der Waals surface area contributed by atoms with Crippen LogP contribution in [0.4, 0.5) is 18.9 Å². The molecule has 0 aliphatic heterocycles. The van der Waals surface area contributed by atoms with Crippen LogP contribution in [-0.4, -0.2) is 22.1 Å². The van der Waals surface area contributed by atoms with E-state index in [0.29, 0.717) is 23.2 Å². The minimum absolute atomic E-state index is 0.00354. The van der Waals surface area contributed by atoms with E-state index < -0.39 is 23.9 Å². The predicted octanol–water partition coefficient (Wildman–Crippen LogP) is 4.37. The van der Waals surface area contributed by atoms with Crippen molar-refractivity contribution in [2.24, 2.45) is 0 Å². The summed E-state index contributed by atoms with van der Waals surface area (Å²) in [6, 6.07) is 17.2. The lowest BCUT2D eigenvalue weighted by molar-refractivity contribution is -0.116. The number of aromatic nitrogens is 2. The zero-order valence-corrected chi connectivity index (χ0v) is 17.2. The van der Waals surface area contributed by atoms with Crippen molar-refractivity contribution in [3.05, 3.63) is 100 Å². The summed E-state index contributed by atoms with van der Waals surface area (Å²) < 4.78 is 44.8. The average molecular weight is 453 g/mol. The third-order valence-corrected chi connectivity index (χ3v) is 4.90. The Balaban J connectivity index is 1.55. The molecule has 1 amide bonds. The quantitative estimate of drug-likeness (QED) is 0.451. The van der Waals surface area contributed by atoms with Crippen LogP contribution in [0.3, 0.4) is 0 Å². The summed E-state index contributed by atoms with van der Waals surface area (Å²) in [7, 11) is 0. The molecule has 3 aromatic carbocycles. The monoisotopic (exact) mass is 453 g/mol. The predicted molar refractivity (Wildman–Crippen MR) is 117 cm³/mol. The fraction of sp³-hybridized carbons (Fsp3) is 0.125. The fourth-order valence-corrected chi connectivity index (χ4v) is 3.42. The molecule has 9 heteroatoms. The summed E-state index contributed by atoms with van der Waals surface area (Å²) in [6.07, 6.45) is 1.52. The van der Waals surface area contributed by atoms with Crippen LogP contribution < -0.4 is 15.6 Å². The number of benzene rings is 3. The number of carbonyl (C=O) groups excluding carboxylic acids is 1. The van der Waals surface area contributed by atoms with Gasteiger partial charge in [0.2, 0.25) is 5.91 Å². The number of alkyl halides is 2. The van der Waals surface area contributed by atoms with Crippen molar-refractivity contribution >= 4 is 22.5 Å². The van der Waals surface area contributed by atoms with Gasteiger partial charge in [0.15, 0.2) is 0 Å². The normalized spacial score (nSPS) is 11.0. The summed E-state index contributed by atoms with van der Waals surface area (Å²) in [5, 5.41) is 2.70. The fourth-order valence-electron chi connectivity index (χ4n) is 3.42. The molecule has 0 atom stereocenters. The number of hydrogen-bond acceptors (Lipinski definition) is 4. The van der Waals surface area contributed by atoms with Gasteiger partial charge < -0.3 is 10.1 Å². The van der Waals surface area contributed by atoms with E-state index in [-0.39, 0.29) is 17.7 Å². The van der Waals surface area contributed by atoms with Gasteiger partial charge >= 0.3 is 6.61 Å². The van der Waals surface area contributed by atoms with Gasteiger partial charge in [-0.25, -0.2) is 9.37 Å². The molecule has 0 bridgehead atoms. The van der Waals surface area contributed by atoms with Gasteiger partial charge in [0.25, 0.3) is 5.56 Å².